The Bertz CT molecular complexity index is 381. The van der Waals surface area contributed by atoms with Crippen LogP contribution in [0.1, 0.15) is 43.7 Å². The molecule has 1 aliphatic heterocycles. The van der Waals surface area contributed by atoms with Crippen molar-refractivity contribution < 1.29 is 4.74 Å². The number of hydrogen-bond donors (Lipinski definition) is 1. The smallest absolute Gasteiger partial charge is 0.122 e. The van der Waals surface area contributed by atoms with Crippen molar-refractivity contribution in [1.82, 2.24) is 5.32 Å². The molecule has 1 heterocycles. The predicted octanol–water partition coefficient (Wildman–Crippen LogP) is 3.36. The van der Waals surface area contributed by atoms with Gasteiger partial charge in [-0.3, -0.25) is 0 Å². The summed E-state index contributed by atoms with van der Waals surface area (Å²) in [7, 11) is 1.77. The molecule has 0 aromatic heterocycles. The van der Waals surface area contributed by atoms with Crippen molar-refractivity contribution in [3.8, 4) is 5.75 Å². The van der Waals surface area contributed by atoms with Gasteiger partial charge in [0.2, 0.25) is 0 Å². The lowest BCUT2D eigenvalue weighted by atomic mass is 9.90. The molecule has 0 aliphatic carbocycles. The maximum Gasteiger partial charge on any atom is 0.122 e. The third-order valence-corrected chi connectivity index (χ3v) is 3.90. The van der Waals surface area contributed by atoms with Crippen LogP contribution < -0.4 is 10.1 Å². The van der Waals surface area contributed by atoms with Gasteiger partial charge in [0, 0.05) is 0 Å². The number of piperidine rings is 1. The molecule has 2 nitrogen and oxygen atoms in total. The Hall–Kier alpha value is -1.02. The molecule has 1 aromatic rings. The Labute approximate surface area is 111 Å². The van der Waals surface area contributed by atoms with Gasteiger partial charge in [-0.2, -0.15) is 0 Å². The number of rotatable bonds is 4. The second-order valence-corrected chi connectivity index (χ2v) is 5.63. The van der Waals surface area contributed by atoms with E-state index in [0.29, 0.717) is 5.92 Å². The first-order valence-electron chi connectivity index (χ1n) is 7.08. The number of methoxy groups -OCH3 is 1. The van der Waals surface area contributed by atoms with Crippen molar-refractivity contribution in [2.24, 2.45) is 5.92 Å². The zero-order valence-electron chi connectivity index (χ0n) is 11.8. The molecular weight excluding hydrogens is 222 g/mol. The molecule has 0 unspecified atom stereocenters. The minimum Gasteiger partial charge on any atom is -0.496 e. The van der Waals surface area contributed by atoms with Gasteiger partial charge in [0.15, 0.2) is 0 Å². The Balaban J connectivity index is 2.09. The first-order chi connectivity index (χ1) is 8.70. The maximum absolute atomic E-state index is 5.52. The van der Waals surface area contributed by atoms with E-state index in [9.17, 15) is 0 Å². The van der Waals surface area contributed by atoms with E-state index in [1.165, 1.54) is 43.5 Å². The molecule has 0 saturated carbocycles. The monoisotopic (exact) mass is 247 g/mol. The third kappa shape index (κ3) is 3.26. The highest BCUT2D eigenvalue weighted by atomic mass is 16.5. The normalized spacial score (nSPS) is 17.1. The highest BCUT2D eigenvalue weighted by Crippen LogP contribution is 2.29. The van der Waals surface area contributed by atoms with Gasteiger partial charge in [-0.05, 0) is 61.4 Å². The van der Waals surface area contributed by atoms with Crippen LogP contribution in [0.2, 0.25) is 0 Å². The first kappa shape index (κ1) is 13.4. The Morgan fingerprint density at radius 3 is 2.61 bits per heavy atom. The number of nitrogens with one attached hydrogen (secondary N) is 1. The van der Waals surface area contributed by atoms with E-state index in [1.807, 2.05) is 0 Å². The fourth-order valence-electron chi connectivity index (χ4n) is 2.78. The lowest BCUT2D eigenvalue weighted by molar-refractivity contribution is 0.371. The van der Waals surface area contributed by atoms with Crippen LogP contribution >= 0.6 is 0 Å². The van der Waals surface area contributed by atoms with Gasteiger partial charge >= 0.3 is 0 Å². The van der Waals surface area contributed by atoms with Crippen molar-refractivity contribution in [2.75, 3.05) is 20.2 Å². The molecule has 18 heavy (non-hydrogen) atoms. The van der Waals surface area contributed by atoms with Crippen molar-refractivity contribution in [1.29, 1.82) is 0 Å². The standard InChI is InChI=1S/C16H25NO/c1-12(2)15-5-4-14(11-16(15)18-3)10-13-6-8-17-9-7-13/h4-5,11-13,17H,6-10H2,1-3H3. The maximum atomic E-state index is 5.52. The van der Waals surface area contributed by atoms with E-state index >= 15 is 0 Å². The third-order valence-electron chi connectivity index (χ3n) is 3.90. The molecule has 2 heteroatoms. The minimum absolute atomic E-state index is 0.521. The van der Waals surface area contributed by atoms with Crippen LogP contribution in [0.5, 0.6) is 5.75 Å². The van der Waals surface area contributed by atoms with Gasteiger partial charge < -0.3 is 10.1 Å². The van der Waals surface area contributed by atoms with E-state index in [2.05, 4.69) is 37.4 Å². The summed E-state index contributed by atoms with van der Waals surface area (Å²) in [4.78, 5) is 0. The van der Waals surface area contributed by atoms with Crippen LogP contribution in [-0.2, 0) is 6.42 Å². The highest BCUT2D eigenvalue weighted by Gasteiger charge is 2.15. The molecule has 0 atom stereocenters. The van der Waals surface area contributed by atoms with Crippen molar-refractivity contribution in [3.63, 3.8) is 0 Å². The Morgan fingerprint density at radius 1 is 1.28 bits per heavy atom. The summed E-state index contributed by atoms with van der Waals surface area (Å²) in [6.45, 7) is 6.77. The highest BCUT2D eigenvalue weighted by molar-refractivity contribution is 5.39. The molecule has 0 amide bonds. The molecule has 0 radical (unpaired) electrons. The topological polar surface area (TPSA) is 21.3 Å². The van der Waals surface area contributed by atoms with Crippen molar-refractivity contribution >= 4 is 0 Å². The van der Waals surface area contributed by atoms with Crippen LogP contribution in [-0.4, -0.2) is 20.2 Å². The van der Waals surface area contributed by atoms with Gasteiger partial charge in [0.05, 0.1) is 7.11 Å². The van der Waals surface area contributed by atoms with Gasteiger partial charge in [0.1, 0.15) is 5.75 Å². The summed E-state index contributed by atoms with van der Waals surface area (Å²) in [5.74, 6) is 2.41. The summed E-state index contributed by atoms with van der Waals surface area (Å²) in [6.07, 6.45) is 3.79. The zero-order chi connectivity index (χ0) is 13.0. The van der Waals surface area contributed by atoms with Crippen LogP contribution in [0.15, 0.2) is 18.2 Å². The predicted molar refractivity (Wildman–Crippen MR) is 76.4 cm³/mol. The molecule has 1 aliphatic rings. The summed E-state index contributed by atoms with van der Waals surface area (Å²) in [5, 5.41) is 3.42. The van der Waals surface area contributed by atoms with E-state index in [0.717, 1.165) is 11.7 Å². The second kappa shape index (κ2) is 6.24. The number of hydrogen-bond acceptors (Lipinski definition) is 2. The van der Waals surface area contributed by atoms with Gasteiger partial charge in [-0.25, -0.2) is 0 Å². The SMILES string of the molecule is COc1cc(CC2CCNCC2)ccc1C(C)C. The van der Waals surface area contributed by atoms with E-state index in [4.69, 9.17) is 4.74 Å². The average molecular weight is 247 g/mol. The number of ether oxygens (including phenoxy) is 1. The summed E-state index contributed by atoms with van der Waals surface area (Å²) in [6, 6.07) is 6.75. The molecule has 0 spiro atoms. The van der Waals surface area contributed by atoms with Crippen LogP contribution in [0.25, 0.3) is 0 Å². The first-order valence-corrected chi connectivity index (χ1v) is 7.08. The molecule has 1 fully saturated rings. The van der Waals surface area contributed by atoms with Crippen molar-refractivity contribution in [2.45, 2.75) is 39.0 Å². The summed E-state index contributed by atoms with van der Waals surface area (Å²) >= 11 is 0. The van der Waals surface area contributed by atoms with Gasteiger partial charge in [0.25, 0.3) is 0 Å². The van der Waals surface area contributed by atoms with Gasteiger partial charge in [-0.1, -0.05) is 26.0 Å². The summed E-state index contributed by atoms with van der Waals surface area (Å²) in [5.41, 5.74) is 2.73. The fourth-order valence-corrected chi connectivity index (χ4v) is 2.78. The molecule has 1 N–H and O–H groups in total. The van der Waals surface area contributed by atoms with Gasteiger partial charge in [-0.15, -0.1) is 0 Å². The molecule has 1 saturated heterocycles. The van der Waals surface area contributed by atoms with Crippen LogP contribution in [0.3, 0.4) is 0 Å². The van der Waals surface area contributed by atoms with Crippen LogP contribution in [0, 0.1) is 5.92 Å². The van der Waals surface area contributed by atoms with Crippen LogP contribution in [0.4, 0.5) is 0 Å². The van der Waals surface area contributed by atoms with Crippen molar-refractivity contribution in [3.05, 3.63) is 29.3 Å². The van der Waals surface area contributed by atoms with E-state index in [-0.39, 0.29) is 0 Å². The Kier molecular flexibility index (Phi) is 4.65. The second-order valence-electron chi connectivity index (χ2n) is 5.63. The zero-order valence-corrected chi connectivity index (χ0v) is 11.8. The largest absolute Gasteiger partial charge is 0.496 e. The molecule has 1 aromatic carbocycles. The fraction of sp³-hybridized carbons (Fsp3) is 0.625. The molecule has 100 valence electrons. The average Bonchev–Trinajstić information content (AvgIpc) is 2.39. The number of benzene rings is 1. The lowest BCUT2D eigenvalue weighted by Gasteiger charge is -2.23. The summed E-state index contributed by atoms with van der Waals surface area (Å²) < 4.78 is 5.52. The van der Waals surface area contributed by atoms with E-state index < -0.39 is 0 Å². The lowest BCUT2D eigenvalue weighted by Crippen LogP contribution is -2.28. The molecule has 2 rings (SSSR count). The quantitative estimate of drug-likeness (QED) is 0.881. The Morgan fingerprint density at radius 2 is 2.00 bits per heavy atom. The minimum atomic E-state index is 0.521. The molecule has 0 bridgehead atoms. The van der Waals surface area contributed by atoms with E-state index in [1.54, 1.807) is 7.11 Å². The molecular formula is C16H25NO.